The third kappa shape index (κ3) is 4.49. The third-order valence-corrected chi connectivity index (χ3v) is 2.91. The normalized spacial score (nSPS) is 10.0. The summed E-state index contributed by atoms with van der Waals surface area (Å²) in [5.41, 5.74) is 1.42. The Balaban J connectivity index is 1.81. The summed E-state index contributed by atoms with van der Waals surface area (Å²) in [6.07, 6.45) is 0.301. The number of rotatable bonds is 6. The molecule has 0 aromatic heterocycles. The Morgan fingerprint density at radius 1 is 1.14 bits per heavy atom. The number of halogens is 1. The number of benzene rings is 2. The molecule has 2 N–H and O–H groups in total. The summed E-state index contributed by atoms with van der Waals surface area (Å²) < 4.78 is 17.9. The van der Waals surface area contributed by atoms with Crippen LogP contribution in [0.4, 0.5) is 15.8 Å². The summed E-state index contributed by atoms with van der Waals surface area (Å²) in [7, 11) is 1.56. The smallest absolute Gasteiger partial charge is 0.226 e. The lowest BCUT2D eigenvalue weighted by atomic mass is 10.2. The Labute approximate surface area is 122 Å². The van der Waals surface area contributed by atoms with Gasteiger partial charge in [0, 0.05) is 18.7 Å². The Hall–Kier alpha value is -2.56. The molecule has 0 aliphatic carbocycles. The lowest BCUT2D eigenvalue weighted by molar-refractivity contribution is -0.116. The molecule has 2 aromatic carbocycles. The van der Waals surface area contributed by atoms with Crippen molar-refractivity contribution in [1.82, 2.24) is 0 Å². The fraction of sp³-hybridized carbons (Fsp3) is 0.188. The Morgan fingerprint density at radius 2 is 1.86 bits per heavy atom. The van der Waals surface area contributed by atoms with Crippen LogP contribution in [0.5, 0.6) is 5.75 Å². The van der Waals surface area contributed by atoms with Gasteiger partial charge in [-0.25, -0.2) is 4.39 Å². The lowest BCUT2D eigenvalue weighted by Gasteiger charge is -2.10. The molecule has 4 nitrogen and oxygen atoms in total. The van der Waals surface area contributed by atoms with Crippen LogP contribution >= 0.6 is 0 Å². The number of carbonyl (C=O) groups excluding carboxylic acids is 1. The average Bonchev–Trinajstić information content (AvgIpc) is 2.50. The molecule has 1 amide bonds. The molecular formula is C16H17FN2O2. The molecular weight excluding hydrogens is 271 g/mol. The molecule has 0 radical (unpaired) electrons. The zero-order chi connectivity index (χ0) is 15.1. The summed E-state index contributed by atoms with van der Waals surface area (Å²) in [4.78, 5) is 11.9. The molecule has 0 heterocycles. The van der Waals surface area contributed by atoms with E-state index in [1.807, 2.05) is 12.1 Å². The molecule has 0 unspecified atom stereocenters. The van der Waals surface area contributed by atoms with Gasteiger partial charge < -0.3 is 15.4 Å². The van der Waals surface area contributed by atoms with Crippen LogP contribution in [0.2, 0.25) is 0 Å². The van der Waals surface area contributed by atoms with E-state index in [4.69, 9.17) is 4.74 Å². The van der Waals surface area contributed by atoms with Crippen molar-refractivity contribution in [3.8, 4) is 5.75 Å². The molecule has 0 spiro atoms. The largest absolute Gasteiger partial charge is 0.495 e. The average molecular weight is 288 g/mol. The van der Waals surface area contributed by atoms with E-state index in [0.29, 0.717) is 24.4 Å². The van der Waals surface area contributed by atoms with Crippen LogP contribution in [0.15, 0.2) is 48.5 Å². The highest BCUT2D eigenvalue weighted by molar-refractivity contribution is 5.92. The highest BCUT2D eigenvalue weighted by Crippen LogP contribution is 2.23. The number of ether oxygens (including phenoxy) is 1. The van der Waals surface area contributed by atoms with Crippen molar-refractivity contribution in [3.63, 3.8) is 0 Å². The van der Waals surface area contributed by atoms with Crippen molar-refractivity contribution >= 4 is 17.3 Å². The quantitative estimate of drug-likeness (QED) is 0.857. The first kappa shape index (κ1) is 14.8. The zero-order valence-electron chi connectivity index (χ0n) is 11.7. The van der Waals surface area contributed by atoms with Gasteiger partial charge in [0.15, 0.2) is 0 Å². The van der Waals surface area contributed by atoms with Gasteiger partial charge >= 0.3 is 0 Å². The first-order chi connectivity index (χ1) is 10.2. The molecule has 21 heavy (non-hydrogen) atoms. The molecule has 0 saturated carbocycles. The highest BCUT2D eigenvalue weighted by Gasteiger charge is 2.06. The van der Waals surface area contributed by atoms with E-state index in [1.165, 1.54) is 12.1 Å². The number of amides is 1. The van der Waals surface area contributed by atoms with Crippen molar-refractivity contribution in [2.24, 2.45) is 0 Å². The SMILES string of the molecule is COc1ccccc1NC(=O)CCNc1ccc(F)cc1. The molecule has 0 atom stereocenters. The van der Waals surface area contributed by atoms with E-state index in [0.717, 1.165) is 5.69 Å². The molecule has 2 aromatic rings. The van der Waals surface area contributed by atoms with Gasteiger partial charge in [0.2, 0.25) is 5.91 Å². The standard InChI is InChI=1S/C16H17FN2O2/c1-21-15-5-3-2-4-14(15)19-16(20)10-11-18-13-8-6-12(17)7-9-13/h2-9,18H,10-11H2,1H3,(H,19,20). The van der Waals surface area contributed by atoms with Crippen molar-refractivity contribution in [2.75, 3.05) is 24.3 Å². The van der Waals surface area contributed by atoms with Crippen LogP contribution in [0.1, 0.15) is 6.42 Å². The van der Waals surface area contributed by atoms with Gasteiger partial charge in [0.1, 0.15) is 11.6 Å². The summed E-state index contributed by atoms with van der Waals surface area (Å²) in [5, 5.41) is 5.85. The minimum Gasteiger partial charge on any atom is -0.495 e. The highest BCUT2D eigenvalue weighted by atomic mass is 19.1. The summed E-state index contributed by atoms with van der Waals surface area (Å²) in [6, 6.07) is 13.2. The van der Waals surface area contributed by atoms with Gasteiger partial charge in [-0.3, -0.25) is 4.79 Å². The van der Waals surface area contributed by atoms with Crippen LogP contribution in [-0.4, -0.2) is 19.6 Å². The van der Waals surface area contributed by atoms with Gasteiger partial charge in [-0.05, 0) is 36.4 Å². The Bertz CT molecular complexity index is 599. The molecule has 0 aliphatic heterocycles. The Morgan fingerprint density at radius 3 is 2.57 bits per heavy atom. The van der Waals surface area contributed by atoms with E-state index in [1.54, 1.807) is 31.4 Å². The van der Waals surface area contributed by atoms with Crippen molar-refractivity contribution in [2.45, 2.75) is 6.42 Å². The minimum atomic E-state index is -0.283. The predicted octanol–water partition coefficient (Wildman–Crippen LogP) is 3.28. The van der Waals surface area contributed by atoms with Gasteiger partial charge in [0.05, 0.1) is 12.8 Å². The second-order valence-corrected chi connectivity index (χ2v) is 4.43. The number of methoxy groups -OCH3 is 1. The van der Waals surface area contributed by atoms with Crippen molar-refractivity contribution < 1.29 is 13.9 Å². The van der Waals surface area contributed by atoms with E-state index >= 15 is 0 Å². The van der Waals surface area contributed by atoms with Crippen molar-refractivity contribution in [3.05, 3.63) is 54.3 Å². The van der Waals surface area contributed by atoms with E-state index in [-0.39, 0.29) is 11.7 Å². The Kier molecular flexibility index (Phi) is 5.15. The van der Waals surface area contributed by atoms with Crippen LogP contribution in [-0.2, 0) is 4.79 Å². The van der Waals surface area contributed by atoms with Crippen LogP contribution in [0, 0.1) is 5.82 Å². The maximum absolute atomic E-state index is 12.7. The van der Waals surface area contributed by atoms with E-state index in [2.05, 4.69) is 10.6 Å². The summed E-state index contributed by atoms with van der Waals surface area (Å²) in [6.45, 7) is 0.465. The number of anilines is 2. The fourth-order valence-corrected chi connectivity index (χ4v) is 1.85. The maximum atomic E-state index is 12.7. The third-order valence-electron chi connectivity index (χ3n) is 2.91. The molecule has 5 heteroatoms. The second kappa shape index (κ2) is 7.28. The van der Waals surface area contributed by atoms with Gasteiger partial charge in [0.25, 0.3) is 0 Å². The van der Waals surface area contributed by atoms with Crippen LogP contribution in [0.3, 0.4) is 0 Å². The van der Waals surface area contributed by atoms with Crippen LogP contribution in [0.25, 0.3) is 0 Å². The molecule has 0 fully saturated rings. The monoisotopic (exact) mass is 288 g/mol. The molecule has 0 saturated heterocycles. The topological polar surface area (TPSA) is 50.4 Å². The van der Waals surface area contributed by atoms with Gasteiger partial charge in [-0.15, -0.1) is 0 Å². The summed E-state index contributed by atoms with van der Waals surface area (Å²) >= 11 is 0. The molecule has 2 rings (SSSR count). The van der Waals surface area contributed by atoms with Gasteiger partial charge in [-0.1, -0.05) is 12.1 Å². The fourth-order valence-electron chi connectivity index (χ4n) is 1.85. The van der Waals surface area contributed by atoms with Crippen LogP contribution < -0.4 is 15.4 Å². The summed E-state index contributed by atoms with van der Waals surface area (Å²) in [5.74, 6) is 0.223. The first-order valence-electron chi connectivity index (χ1n) is 6.61. The molecule has 0 bridgehead atoms. The molecule has 110 valence electrons. The number of nitrogens with one attached hydrogen (secondary N) is 2. The predicted molar refractivity (Wildman–Crippen MR) is 81.1 cm³/mol. The van der Waals surface area contributed by atoms with E-state index < -0.39 is 0 Å². The van der Waals surface area contributed by atoms with E-state index in [9.17, 15) is 9.18 Å². The minimum absolute atomic E-state index is 0.117. The van der Waals surface area contributed by atoms with Gasteiger partial charge in [-0.2, -0.15) is 0 Å². The number of carbonyl (C=O) groups is 1. The number of hydrogen-bond acceptors (Lipinski definition) is 3. The molecule has 0 aliphatic rings. The zero-order valence-corrected chi connectivity index (χ0v) is 11.7. The number of para-hydroxylation sites is 2. The second-order valence-electron chi connectivity index (χ2n) is 4.43. The number of hydrogen-bond donors (Lipinski definition) is 2. The first-order valence-corrected chi connectivity index (χ1v) is 6.61. The maximum Gasteiger partial charge on any atom is 0.226 e. The van der Waals surface area contributed by atoms with Crippen molar-refractivity contribution in [1.29, 1.82) is 0 Å². The lowest BCUT2D eigenvalue weighted by Crippen LogP contribution is -2.16.